The van der Waals surface area contributed by atoms with Crippen molar-refractivity contribution in [1.29, 1.82) is 0 Å². The van der Waals surface area contributed by atoms with Gasteiger partial charge in [-0.25, -0.2) is 0 Å². The minimum Gasteiger partial charge on any atom is -0.338 e. The van der Waals surface area contributed by atoms with Gasteiger partial charge in [-0.2, -0.15) is 0 Å². The van der Waals surface area contributed by atoms with E-state index in [1.807, 2.05) is 0 Å². The number of hydrogen-bond donors (Lipinski definition) is 1. The van der Waals surface area contributed by atoms with Crippen LogP contribution in [0.5, 0.6) is 0 Å². The Morgan fingerprint density at radius 3 is 2.78 bits per heavy atom. The highest BCUT2D eigenvalue weighted by molar-refractivity contribution is 6.31. The van der Waals surface area contributed by atoms with E-state index in [4.69, 9.17) is 11.6 Å². The van der Waals surface area contributed by atoms with Crippen LogP contribution in [0.1, 0.15) is 40.8 Å². The van der Waals surface area contributed by atoms with Crippen LogP contribution in [0, 0.1) is 10.1 Å². The topological polar surface area (TPSA) is 106 Å². The van der Waals surface area contributed by atoms with E-state index in [0.717, 1.165) is 44.1 Å². The van der Waals surface area contributed by atoms with Crippen LogP contribution < -0.4 is 5.32 Å². The van der Waals surface area contributed by atoms with Gasteiger partial charge in [0, 0.05) is 43.2 Å². The first kappa shape index (κ1) is 17.9. The van der Waals surface area contributed by atoms with Crippen LogP contribution in [0.25, 0.3) is 0 Å². The summed E-state index contributed by atoms with van der Waals surface area (Å²) in [4.78, 5) is 25.2. The number of nitro groups is 1. The number of benzene rings is 1. The summed E-state index contributed by atoms with van der Waals surface area (Å²) in [5.74, 6) is 1.81. The summed E-state index contributed by atoms with van der Waals surface area (Å²) in [5.41, 5.74) is -0.178. The Labute approximate surface area is 160 Å². The first-order valence-electron chi connectivity index (χ1n) is 8.90. The highest BCUT2D eigenvalue weighted by Gasteiger charge is 2.31. The molecule has 1 amide bonds. The summed E-state index contributed by atoms with van der Waals surface area (Å²) in [6.07, 6.45) is 1.51. The molecular weight excluding hydrogens is 372 g/mol. The third-order valence-corrected chi connectivity index (χ3v) is 5.42. The van der Waals surface area contributed by atoms with Gasteiger partial charge in [0.15, 0.2) is 0 Å². The van der Waals surface area contributed by atoms with Crippen molar-refractivity contribution in [1.82, 2.24) is 25.0 Å². The number of amides is 1. The number of rotatable bonds is 3. The molecule has 0 radical (unpaired) electrons. The van der Waals surface area contributed by atoms with Gasteiger partial charge in [-0.1, -0.05) is 11.6 Å². The number of piperidine rings is 1. The van der Waals surface area contributed by atoms with Gasteiger partial charge in [0.25, 0.3) is 11.6 Å². The lowest BCUT2D eigenvalue weighted by atomic mass is 9.95. The fraction of sp³-hybridized carbons (Fsp3) is 0.471. The molecule has 2 aliphatic rings. The molecule has 0 unspecified atom stereocenters. The summed E-state index contributed by atoms with van der Waals surface area (Å²) >= 11 is 5.95. The molecule has 142 valence electrons. The van der Waals surface area contributed by atoms with Gasteiger partial charge < -0.3 is 14.8 Å². The zero-order valence-electron chi connectivity index (χ0n) is 14.6. The van der Waals surface area contributed by atoms with Crippen molar-refractivity contribution in [2.45, 2.75) is 31.8 Å². The van der Waals surface area contributed by atoms with Crippen molar-refractivity contribution in [2.24, 2.45) is 0 Å². The maximum absolute atomic E-state index is 12.8. The second kappa shape index (κ2) is 7.24. The Hall–Kier alpha value is -2.52. The molecule has 2 aliphatic heterocycles. The van der Waals surface area contributed by atoms with Gasteiger partial charge in [0.2, 0.25) is 0 Å². The fourth-order valence-electron chi connectivity index (χ4n) is 3.77. The molecule has 0 spiro atoms. The number of nitrogens with zero attached hydrogens (tertiary/aromatic N) is 5. The Morgan fingerprint density at radius 2 is 2.04 bits per heavy atom. The Bertz CT molecular complexity index is 891. The van der Waals surface area contributed by atoms with E-state index in [-0.39, 0.29) is 23.1 Å². The van der Waals surface area contributed by atoms with Crippen molar-refractivity contribution < 1.29 is 9.72 Å². The number of likely N-dealkylation sites (tertiary alicyclic amines) is 1. The molecule has 2 aromatic rings. The summed E-state index contributed by atoms with van der Waals surface area (Å²) in [7, 11) is 0. The Kier molecular flexibility index (Phi) is 4.79. The largest absolute Gasteiger partial charge is 0.338 e. The zero-order valence-corrected chi connectivity index (χ0v) is 15.4. The van der Waals surface area contributed by atoms with Gasteiger partial charge in [-0.3, -0.25) is 14.9 Å². The highest BCUT2D eigenvalue weighted by atomic mass is 35.5. The number of hydrogen-bond acceptors (Lipinski definition) is 6. The van der Waals surface area contributed by atoms with E-state index in [1.54, 1.807) is 4.90 Å². The molecule has 10 heteroatoms. The molecule has 0 bridgehead atoms. The third-order valence-electron chi connectivity index (χ3n) is 5.18. The predicted octanol–water partition coefficient (Wildman–Crippen LogP) is 1.96. The molecule has 1 aromatic heterocycles. The molecule has 1 fully saturated rings. The van der Waals surface area contributed by atoms with Crippen molar-refractivity contribution in [3.63, 3.8) is 0 Å². The van der Waals surface area contributed by atoms with E-state index < -0.39 is 4.92 Å². The van der Waals surface area contributed by atoms with Crippen LogP contribution in [0.15, 0.2) is 18.2 Å². The molecule has 0 saturated carbocycles. The van der Waals surface area contributed by atoms with E-state index in [9.17, 15) is 14.9 Å². The van der Waals surface area contributed by atoms with E-state index in [1.165, 1.54) is 18.2 Å². The first-order chi connectivity index (χ1) is 13.0. The number of carbonyl (C=O) groups is 1. The molecule has 9 nitrogen and oxygen atoms in total. The number of carbonyl (C=O) groups excluding carboxylic acids is 1. The number of fused-ring (bicyclic) bond motifs is 1. The Balaban J connectivity index is 1.48. The van der Waals surface area contributed by atoms with Crippen molar-refractivity contribution in [3.05, 3.63) is 50.5 Å². The predicted molar refractivity (Wildman–Crippen MR) is 97.7 cm³/mol. The van der Waals surface area contributed by atoms with Gasteiger partial charge in [-0.05, 0) is 25.0 Å². The molecule has 4 rings (SSSR count). The molecule has 1 saturated heterocycles. The van der Waals surface area contributed by atoms with Crippen molar-refractivity contribution >= 4 is 23.2 Å². The molecule has 0 aliphatic carbocycles. The van der Waals surface area contributed by atoms with Crippen LogP contribution in [-0.2, 0) is 13.1 Å². The highest BCUT2D eigenvalue weighted by Crippen LogP contribution is 2.30. The number of nitrogens with one attached hydrogen (secondary N) is 1. The lowest BCUT2D eigenvalue weighted by Gasteiger charge is -2.32. The minimum atomic E-state index is -0.549. The number of nitro benzene ring substituents is 1. The second-order valence-electron chi connectivity index (χ2n) is 6.79. The standard InChI is InChI=1S/C17H19ClN6O3/c18-12-1-2-14(24(26)27)13(9-12)17(25)22-6-3-11(4-7-22)16-21-20-15-10-19-5-8-23(15)16/h1-2,9,11,19H,3-8,10H2. The fourth-order valence-corrected chi connectivity index (χ4v) is 3.94. The lowest BCUT2D eigenvalue weighted by Crippen LogP contribution is -2.39. The van der Waals surface area contributed by atoms with Crippen LogP contribution >= 0.6 is 11.6 Å². The minimum absolute atomic E-state index is 0.0388. The average Bonchev–Trinajstić information content (AvgIpc) is 3.11. The molecule has 3 heterocycles. The van der Waals surface area contributed by atoms with Gasteiger partial charge in [0.05, 0.1) is 11.5 Å². The van der Waals surface area contributed by atoms with Crippen LogP contribution in [0.4, 0.5) is 5.69 Å². The summed E-state index contributed by atoms with van der Waals surface area (Å²) in [6, 6.07) is 4.07. The van der Waals surface area contributed by atoms with Crippen LogP contribution in [0.2, 0.25) is 5.02 Å². The third kappa shape index (κ3) is 3.40. The van der Waals surface area contributed by atoms with Gasteiger partial charge in [0.1, 0.15) is 17.2 Å². The Morgan fingerprint density at radius 1 is 1.26 bits per heavy atom. The zero-order chi connectivity index (χ0) is 19.0. The van der Waals surface area contributed by atoms with Crippen molar-refractivity contribution in [2.75, 3.05) is 19.6 Å². The van der Waals surface area contributed by atoms with Crippen LogP contribution in [0.3, 0.4) is 0 Å². The van der Waals surface area contributed by atoms with Crippen molar-refractivity contribution in [3.8, 4) is 0 Å². The van der Waals surface area contributed by atoms with Crippen LogP contribution in [-0.4, -0.2) is 50.1 Å². The second-order valence-corrected chi connectivity index (χ2v) is 7.22. The summed E-state index contributed by atoms with van der Waals surface area (Å²) in [5, 5.41) is 23.4. The smallest absolute Gasteiger partial charge is 0.282 e. The van der Waals surface area contributed by atoms with E-state index in [2.05, 4.69) is 20.1 Å². The maximum atomic E-state index is 12.8. The lowest BCUT2D eigenvalue weighted by molar-refractivity contribution is -0.385. The molecule has 0 atom stereocenters. The molecule has 1 N–H and O–H groups in total. The summed E-state index contributed by atoms with van der Waals surface area (Å²) in [6.45, 7) is 3.52. The maximum Gasteiger partial charge on any atom is 0.282 e. The number of aromatic nitrogens is 3. The molecule has 27 heavy (non-hydrogen) atoms. The quantitative estimate of drug-likeness (QED) is 0.634. The van der Waals surface area contributed by atoms with Gasteiger partial charge in [-0.15, -0.1) is 10.2 Å². The normalized spacial score (nSPS) is 17.6. The SMILES string of the molecule is O=C(c1cc(Cl)ccc1[N+](=O)[O-])N1CCC(c2nnc3n2CCNC3)CC1. The number of halogens is 1. The molecule has 1 aromatic carbocycles. The summed E-state index contributed by atoms with van der Waals surface area (Å²) < 4.78 is 2.17. The van der Waals surface area contributed by atoms with E-state index >= 15 is 0 Å². The first-order valence-corrected chi connectivity index (χ1v) is 9.28. The van der Waals surface area contributed by atoms with Gasteiger partial charge >= 0.3 is 0 Å². The molecular formula is C17H19ClN6O3. The average molecular weight is 391 g/mol. The monoisotopic (exact) mass is 390 g/mol. The van der Waals surface area contributed by atoms with E-state index in [0.29, 0.717) is 18.1 Å².